The molecule has 0 heterocycles. The molecule has 2 aliphatic carbocycles. The van der Waals surface area contributed by atoms with Gasteiger partial charge in [-0.3, -0.25) is 28.8 Å². The van der Waals surface area contributed by atoms with Crippen molar-refractivity contribution in [2.24, 2.45) is 17.6 Å². The predicted octanol–water partition coefficient (Wildman–Crippen LogP) is 13.5. The molecule has 13 nitrogen and oxygen atoms in total. The average molecular weight is 1130 g/mol. The van der Waals surface area contributed by atoms with Gasteiger partial charge in [-0.05, 0) is 125 Å². The molecule has 2 unspecified atom stereocenters. The van der Waals surface area contributed by atoms with Crippen molar-refractivity contribution in [1.29, 1.82) is 0 Å². The average Bonchev–Trinajstić information content (AvgIpc) is 4.35. The highest BCUT2D eigenvalue weighted by Crippen LogP contribution is 2.35. The van der Waals surface area contributed by atoms with Crippen molar-refractivity contribution in [3.05, 3.63) is 192 Å². The van der Waals surface area contributed by atoms with E-state index in [2.05, 4.69) is 17.4 Å². The third-order valence-corrected chi connectivity index (χ3v) is 14.5. The SMILES string of the molecule is CC(C)(C)OC(=O)CC(Cc1ccc(-c2ccccc2)cc1)C(=O)NC1(CC(=O)OCc2ccccc2)CCCC1.CC(C)(C)OC(=O)CC(Cc1ccc(-c2ccccc2)cc1)C(=O)O.NC1(CC(=O)OCc2ccccc2)CCCC1. The first-order valence-electron chi connectivity index (χ1n) is 29.0. The fourth-order valence-corrected chi connectivity index (χ4v) is 10.3. The number of nitrogens with one attached hydrogen (secondary N) is 1. The molecule has 2 aliphatic rings. The highest BCUT2D eigenvalue weighted by molar-refractivity contribution is 5.85. The molecule has 0 aromatic heterocycles. The molecule has 440 valence electrons. The lowest BCUT2D eigenvalue weighted by Gasteiger charge is -2.32. The maximum atomic E-state index is 13.8. The van der Waals surface area contributed by atoms with Gasteiger partial charge in [0.1, 0.15) is 24.4 Å². The van der Waals surface area contributed by atoms with Crippen molar-refractivity contribution in [2.75, 3.05) is 0 Å². The molecule has 0 radical (unpaired) electrons. The largest absolute Gasteiger partial charge is 0.481 e. The standard InChI is InChI=1S/C35H41NO5.C21H24O4.C14H19NO2/c1-34(2,3)41-31(37)23-30(22-26-16-18-29(19-17-26)28-14-8-5-9-15-28)33(39)36-35(20-10-11-21-35)24-32(38)40-25-27-12-6-4-7-13-27;1-21(2,3)25-19(22)14-18(20(23)24)13-15-9-11-17(12-10-15)16-7-5-4-6-8-16;15-14(8-4-5-9-14)10-13(16)17-11-12-6-2-1-3-7-12/h4-9,12-19,30H,10-11,20-25H2,1-3H3,(H,36,39);4-12,18H,13-14H2,1-3H3,(H,23,24);1-3,6-7H,4-5,8-11,15H2. The number of esters is 4. The van der Waals surface area contributed by atoms with Crippen LogP contribution >= 0.6 is 0 Å². The molecule has 13 heteroatoms. The molecule has 0 aliphatic heterocycles. The first-order chi connectivity index (χ1) is 39.5. The van der Waals surface area contributed by atoms with Crippen molar-refractivity contribution >= 4 is 35.8 Å². The number of rotatable bonds is 21. The summed E-state index contributed by atoms with van der Waals surface area (Å²) in [7, 11) is 0. The van der Waals surface area contributed by atoms with E-state index in [0.29, 0.717) is 38.7 Å². The van der Waals surface area contributed by atoms with E-state index in [9.17, 15) is 33.9 Å². The molecule has 2 atom stereocenters. The molecule has 0 saturated heterocycles. The van der Waals surface area contributed by atoms with Gasteiger partial charge in [-0.25, -0.2) is 0 Å². The van der Waals surface area contributed by atoms with E-state index in [-0.39, 0.29) is 49.3 Å². The first kappa shape index (κ1) is 64.3. The molecule has 0 bridgehead atoms. The van der Waals surface area contributed by atoms with Gasteiger partial charge in [0.2, 0.25) is 5.91 Å². The topological polar surface area (TPSA) is 198 Å². The molecule has 0 spiro atoms. The minimum atomic E-state index is -0.988. The Morgan fingerprint density at radius 3 is 1.20 bits per heavy atom. The third kappa shape index (κ3) is 23.1. The van der Waals surface area contributed by atoms with Crippen molar-refractivity contribution in [3.8, 4) is 22.3 Å². The molecule has 6 aromatic carbocycles. The summed E-state index contributed by atoms with van der Waals surface area (Å²) >= 11 is 0. The summed E-state index contributed by atoms with van der Waals surface area (Å²) in [6, 6.07) is 55.2. The number of carbonyl (C=O) groups excluding carboxylic acids is 5. The second-order valence-electron chi connectivity index (χ2n) is 24.0. The van der Waals surface area contributed by atoms with Crippen LogP contribution in [0.1, 0.15) is 141 Å². The number of hydrogen-bond acceptors (Lipinski definition) is 11. The molecule has 2 fully saturated rings. The lowest BCUT2D eigenvalue weighted by Crippen LogP contribution is -2.50. The summed E-state index contributed by atoms with van der Waals surface area (Å²) in [5, 5.41) is 12.6. The summed E-state index contributed by atoms with van der Waals surface area (Å²) in [6.45, 7) is 11.3. The Balaban J connectivity index is 0.000000222. The quantitative estimate of drug-likeness (QED) is 0.0456. The minimum absolute atomic E-state index is 0.0436. The van der Waals surface area contributed by atoms with Gasteiger partial charge in [0, 0.05) is 5.54 Å². The number of carboxylic acid groups (broad SMARTS) is 1. The smallest absolute Gasteiger partial charge is 0.308 e. The maximum absolute atomic E-state index is 13.8. The van der Waals surface area contributed by atoms with Crippen LogP contribution in [-0.4, -0.2) is 63.1 Å². The molecule has 2 saturated carbocycles. The van der Waals surface area contributed by atoms with Crippen LogP contribution in [0.25, 0.3) is 22.3 Å². The molecule has 6 aromatic rings. The summed E-state index contributed by atoms with van der Waals surface area (Å²) in [4.78, 5) is 74.6. The Morgan fingerprint density at radius 1 is 0.458 bits per heavy atom. The summed E-state index contributed by atoms with van der Waals surface area (Å²) in [5.41, 5.74) is 12.0. The van der Waals surface area contributed by atoms with Crippen molar-refractivity contribution < 1.29 is 52.8 Å². The van der Waals surface area contributed by atoms with Gasteiger partial charge in [0.05, 0.1) is 43.1 Å². The van der Waals surface area contributed by atoms with Gasteiger partial charge >= 0.3 is 29.8 Å². The number of benzene rings is 6. The van der Waals surface area contributed by atoms with Gasteiger partial charge in [0.25, 0.3) is 0 Å². The van der Waals surface area contributed by atoms with E-state index < -0.39 is 46.5 Å². The zero-order chi connectivity index (χ0) is 59.9. The summed E-state index contributed by atoms with van der Waals surface area (Å²) in [5.74, 6) is -4.07. The highest BCUT2D eigenvalue weighted by Gasteiger charge is 2.40. The van der Waals surface area contributed by atoms with Crippen LogP contribution < -0.4 is 11.1 Å². The fourth-order valence-electron chi connectivity index (χ4n) is 10.3. The number of carboxylic acids is 1. The number of carbonyl (C=O) groups is 6. The number of nitrogens with two attached hydrogens (primary N) is 1. The van der Waals surface area contributed by atoms with Gasteiger partial charge < -0.3 is 35.1 Å². The third-order valence-electron chi connectivity index (χ3n) is 14.5. The van der Waals surface area contributed by atoms with Crippen LogP contribution in [0.15, 0.2) is 170 Å². The fraction of sp³-hybridized carbons (Fsp3) is 0.400. The monoisotopic (exact) mass is 1130 g/mol. The second-order valence-corrected chi connectivity index (χ2v) is 24.0. The molecule has 4 N–H and O–H groups in total. The van der Waals surface area contributed by atoms with E-state index in [1.165, 1.54) is 0 Å². The zero-order valence-corrected chi connectivity index (χ0v) is 49.2. The van der Waals surface area contributed by atoms with Crippen LogP contribution in [0.5, 0.6) is 0 Å². The minimum Gasteiger partial charge on any atom is -0.481 e. The zero-order valence-electron chi connectivity index (χ0n) is 49.2. The molecular weight excluding hydrogens is 1040 g/mol. The van der Waals surface area contributed by atoms with E-state index in [1.54, 1.807) is 20.8 Å². The molecule has 8 rings (SSSR count). The lowest BCUT2D eigenvalue weighted by atomic mass is 9.89. The Labute approximate surface area is 490 Å². The Kier molecular flexibility index (Phi) is 24.0. The van der Waals surface area contributed by atoms with Gasteiger partial charge in [-0.15, -0.1) is 0 Å². The van der Waals surface area contributed by atoms with Gasteiger partial charge in [-0.1, -0.05) is 196 Å². The number of amides is 1. The first-order valence-corrected chi connectivity index (χ1v) is 29.0. The van der Waals surface area contributed by atoms with Crippen LogP contribution in [0, 0.1) is 11.8 Å². The Hall–Kier alpha value is -7.90. The van der Waals surface area contributed by atoms with Crippen molar-refractivity contribution in [1.82, 2.24) is 5.32 Å². The van der Waals surface area contributed by atoms with Crippen LogP contribution in [0.4, 0.5) is 0 Å². The predicted molar refractivity (Wildman–Crippen MR) is 323 cm³/mol. The Bertz CT molecular complexity index is 2980. The van der Waals surface area contributed by atoms with E-state index >= 15 is 0 Å². The second kappa shape index (κ2) is 31.0. The van der Waals surface area contributed by atoms with E-state index in [1.807, 2.05) is 178 Å². The van der Waals surface area contributed by atoms with Gasteiger partial charge in [-0.2, -0.15) is 0 Å². The van der Waals surface area contributed by atoms with Gasteiger partial charge in [0.15, 0.2) is 0 Å². The lowest BCUT2D eigenvalue weighted by molar-refractivity contribution is -0.159. The van der Waals surface area contributed by atoms with E-state index in [4.69, 9.17) is 24.7 Å². The highest BCUT2D eigenvalue weighted by atomic mass is 16.6. The molecule has 83 heavy (non-hydrogen) atoms. The number of aliphatic carboxylic acids is 1. The molecular formula is C70H84N2O11. The molecule has 1 amide bonds. The normalized spacial score (nSPS) is 14.9. The van der Waals surface area contributed by atoms with Crippen molar-refractivity contribution in [3.63, 3.8) is 0 Å². The Morgan fingerprint density at radius 2 is 0.807 bits per heavy atom. The number of ether oxygens (including phenoxy) is 4. The number of hydrogen-bond donors (Lipinski definition) is 3. The summed E-state index contributed by atoms with van der Waals surface area (Å²) in [6.07, 6.45) is 8.33. The van der Waals surface area contributed by atoms with Crippen LogP contribution in [0.2, 0.25) is 0 Å². The van der Waals surface area contributed by atoms with E-state index in [0.717, 1.165) is 83.0 Å². The summed E-state index contributed by atoms with van der Waals surface area (Å²) < 4.78 is 21.6. The van der Waals surface area contributed by atoms with Crippen molar-refractivity contribution in [2.45, 2.75) is 167 Å². The van der Waals surface area contributed by atoms with Crippen LogP contribution in [0.3, 0.4) is 0 Å². The maximum Gasteiger partial charge on any atom is 0.308 e. The van der Waals surface area contributed by atoms with Crippen LogP contribution in [-0.2, 0) is 73.8 Å².